The number of aromatic hydroxyl groups is 1. The second-order valence-corrected chi connectivity index (χ2v) is 11.2. The van der Waals surface area contributed by atoms with Crippen molar-refractivity contribution in [2.45, 2.75) is 50.6 Å². The van der Waals surface area contributed by atoms with Crippen molar-refractivity contribution < 1.29 is 24.2 Å². The third-order valence-corrected chi connectivity index (χ3v) is 8.72. The Morgan fingerprint density at radius 1 is 1.24 bits per heavy atom. The summed E-state index contributed by atoms with van der Waals surface area (Å²) in [5, 5.41) is 20.1. The van der Waals surface area contributed by atoms with Crippen molar-refractivity contribution in [3.63, 3.8) is 0 Å². The number of anilines is 1. The van der Waals surface area contributed by atoms with E-state index in [0.717, 1.165) is 24.9 Å². The van der Waals surface area contributed by atoms with E-state index in [1.165, 1.54) is 13.2 Å². The SMILES string of the molecule is C=CC(=O)N1CCN(c2nc(OCC3CCCN3C)nc3c2CC[C@@H](Cc2cccc(OC)c2O)C3=O)CC1CC#N. The zero-order valence-electron chi connectivity index (χ0n) is 24.3. The van der Waals surface area contributed by atoms with Gasteiger partial charge in [-0.2, -0.15) is 15.2 Å². The standard InChI is InChI=1S/C31H38N6O5/c1-4-26(38)37-16-15-36(18-22(37)12-13-32)30-24-11-10-21(17-20-7-5-9-25(41-3)28(20)39)29(40)27(24)33-31(34-30)42-19-23-8-6-14-35(23)2/h4-5,7,9,21-23,39H,1,6,8,10-12,14-19H2,2-3H3/t21-,22?,23?/m0/s1. The van der Waals surface area contributed by atoms with E-state index in [9.17, 15) is 20.0 Å². The first-order valence-corrected chi connectivity index (χ1v) is 14.5. The molecular formula is C31H38N6O5. The van der Waals surface area contributed by atoms with E-state index in [2.05, 4.69) is 29.6 Å². The average molecular weight is 575 g/mol. The second kappa shape index (κ2) is 12.8. The number of nitriles is 1. The van der Waals surface area contributed by atoms with Crippen LogP contribution in [0.5, 0.6) is 17.5 Å². The Kier molecular flexibility index (Phi) is 8.92. The lowest BCUT2D eigenvalue weighted by molar-refractivity contribution is -0.128. The quantitative estimate of drug-likeness (QED) is 0.446. The molecule has 1 aromatic heterocycles. The minimum absolute atomic E-state index is 0.0437. The molecule has 1 N–H and O–H groups in total. The molecule has 0 bridgehead atoms. The molecular weight excluding hydrogens is 536 g/mol. The molecule has 0 radical (unpaired) electrons. The topological polar surface area (TPSA) is 132 Å². The van der Waals surface area contributed by atoms with Gasteiger partial charge in [-0.1, -0.05) is 18.7 Å². The minimum Gasteiger partial charge on any atom is -0.504 e. The van der Waals surface area contributed by atoms with Gasteiger partial charge in [0.25, 0.3) is 0 Å². The number of Topliss-reactive ketones (excluding diaryl/α,β-unsaturated/α-hetero) is 1. The van der Waals surface area contributed by atoms with Crippen LogP contribution in [0.1, 0.15) is 47.3 Å². The number of phenolic OH excluding ortho intramolecular Hbond substituents is 1. The third-order valence-electron chi connectivity index (χ3n) is 8.72. The summed E-state index contributed by atoms with van der Waals surface area (Å²) in [6, 6.07) is 7.56. The molecule has 5 rings (SSSR count). The van der Waals surface area contributed by atoms with Gasteiger partial charge in [0, 0.05) is 37.2 Å². The average Bonchev–Trinajstić information content (AvgIpc) is 3.42. The zero-order valence-corrected chi connectivity index (χ0v) is 24.3. The molecule has 1 aromatic carbocycles. The molecule has 3 aliphatic rings. The predicted octanol–water partition coefficient (Wildman–Crippen LogP) is 2.77. The normalized spacial score (nSPS) is 22.4. The van der Waals surface area contributed by atoms with Gasteiger partial charge >= 0.3 is 6.01 Å². The number of benzene rings is 1. The summed E-state index contributed by atoms with van der Waals surface area (Å²) in [6.07, 6.45) is 5.08. The Balaban J connectivity index is 1.46. The van der Waals surface area contributed by atoms with Crippen molar-refractivity contribution >= 4 is 17.5 Å². The number of nitrogens with zero attached hydrogens (tertiary/aromatic N) is 6. The lowest BCUT2D eigenvalue weighted by atomic mass is 9.81. The van der Waals surface area contributed by atoms with Crippen LogP contribution in [0.25, 0.3) is 0 Å². The van der Waals surface area contributed by atoms with Crippen LogP contribution in [-0.2, 0) is 17.6 Å². The van der Waals surface area contributed by atoms with Gasteiger partial charge in [0.05, 0.1) is 25.6 Å². The lowest BCUT2D eigenvalue weighted by Crippen LogP contribution is -2.55. The number of fused-ring (bicyclic) bond motifs is 1. The third kappa shape index (κ3) is 5.90. The smallest absolute Gasteiger partial charge is 0.319 e. The number of carbonyl (C=O) groups excluding carboxylic acids is 2. The van der Waals surface area contributed by atoms with Gasteiger partial charge in [-0.3, -0.25) is 9.59 Å². The summed E-state index contributed by atoms with van der Waals surface area (Å²) >= 11 is 0. The highest BCUT2D eigenvalue weighted by Crippen LogP contribution is 2.37. The molecule has 11 heteroatoms. The van der Waals surface area contributed by atoms with Gasteiger partial charge in [-0.15, -0.1) is 0 Å². The zero-order chi connectivity index (χ0) is 29.8. The molecule has 222 valence electrons. The minimum atomic E-state index is -0.375. The maximum Gasteiger partial charge on any atom is 0.319 e. The summed E-state index contributed by atoms with van der Waals surface area (Å²) in [5.41, 5.74) is 1.75. The molecule has 1 aliphatic carbocycles. The Bertz CT molecular complexity index is 1390. The Morgan fingerprint density at radius 2 is 2.07 bits per heavy atom. The van der Waals surface area contributed by atoms with E-state index in [-0.39, 0.29) is 47.9 Å². The highest BCUT2D eigenvalue weighted by atomic mass is 16.5. The van der Waals surface area contributed by atoms with Gasteiger partial charge in [0.1, 0.15) is 18.1 Å². The number of likely N-dealkylation sites (tertiary alicyclic amines) is 1. The number of ketones is 1. The van der Waals surface area contributed by atoms with Crippen LogP contribution < -0.4 is 14.4 Å². The van der Waals surface area contributed by atoms with E-state index < -0.39 is 0 Å². The van der Waals surface area contributed by atoms with Gasteiger partial charge in [0.15, 0.2) is 17.3 Å². The van der Waals surface area contributed by atoms with Crippen LogP contribution in [0.3, 0.4) is 0 Å². The van der Waals surface area contributed by atoms with E-state index in [1.54, 1.807) is 23.1 Å². The van der Waals surface area contributed by atoms with E-state index >= 15 is 0 Å². The number of hydrogen-bond acceptors (Lipinski definition) is 10. The molecule has 3 atom stereocenters. The fraction of sp³-hybridized carbons (Fsp3) is 0.516. The van der Waals surface area contributed by atoms with E-state index in [0.29, 0.717) is 68.3 Å². The number of para-hydroxylation sites is 1. The monoisotopic (exact) mass is 574 g/mol. The number of methoxy groups -OCH3 is 1. The van der Waals surface area contributed by atoms with Crippen LogP contribution in [0.4, 0.5) is 5.82 Å². The lowest BCUT2D eigenvalue weighted by Gasteiger charge is -2.41. The highest BCUT2D eigenvalue weighted by molar-refractivity contribution is 6.00. The summed E-state index contributed by atoms with van der Waals surface area (Å²) in [6.45, 7) is 6.33. The number of hydrogen-bond donors (Lipinski definition) is 1. The van der Waals surface area contributed by atoms with Crippen molar-refractivity contribution in [3.8, 4) is 23.6 Å². The molecule has 1 amide bonds. The maximum absolute atomic E-state index is 13.9. The summed E-state index contributed by atoms with van der Waals surface area (Å²) < 4.78 is 11.4. The van der Waals surface area contributed by atoms with Crippen molar-refractivity contribution in [1.82, 2.24) is 19.8 Å². The van der Waals surface area contributed by atoms with Crippen LogP contribution in [0.15, 0.2) is 30.9 Å². The number of likely N-dealkylation sites (N-methyl/N-ethyl adjacent to an activating group) is 1. The van der Waals surface area contributed by atoms with E-state index in [4.69, 9.17) is 14.5 Å². The molecule has 42 heavy (non-hydrogen) atoms. The molecule has 2 aliphatic heterocycles. The number of rotatable bonds is 9. The molecule has 11 nitrogen and oxygen atoms in total. The first-order valence-electron chi connectivity index (χ1n) is 14.5. The van der Waals surface area contributed by atoms with Crippen LogP contribution in [0.2, 0.25) is 0 Å². The van der Waals surface area contributed by atoms with Gasteiger partial charge in [-0.25, -0.2) is 0 Å². The fourth-order valence-electron chi connectivity index (χ4n) is 6.31. The molecule has 2 aromatic rings. The van der Waals surface area contributed by atoms with Crippen molar-refractivity contribution in [3.05, 3.63) is 47.7 Å². The van der Waals surface area contributed by atoms with Gasteiger partial charge in [0.2, 0.25) is 5.91 Å². The van der Waals surface area contributed by atoms with Crippen LogP contribution >= 0.6 is 0 Å². The van der Waals surface area contributed by atoms with Crippen LogP contribution in [0, 0.1) is 17.2 Å². The summed E-state index contributed by atoms with van der Waals surface area (Å²) in [7, 11) is 3.57. The Hall–Kier alpha value is -4.17. The number of carbonyl (C=O) groups is 2. The van der Waals surface area contributed by atoms with Gasteiger partial charge in [-0.05, 0) is 63.4 Å². The van der Waals surface area contributed by atoms with Crippen molar-refractivity contribution in [2.24, 2.45) is 5.92 Å². The second-order valence-electron chi connectivity index (χ2n) is 11.2. The number of ether oxygens (including phenoxy) is 2. The molecule has 2 fully saturated rings. The predicted molar refractivity (Wildman–Crippen MR) is 156 cm³/mol. The highest BCUT2D eigenvalue weighted by Gasteiger charge is 2.37. The largest absolute Gasteiger partial charge is 0.504 e. The maximum atomic E-state index is 13.9. The summed E-state index contributed by atoms with van der Waals surface area (Å²) in [4.78, 5) is 41.9. The van der Waals surface area contributed by atoms with Crippen LogP contribution in [-0.4, -0.2) is 95.6 Å². The molecule has 2 unspecified atom stereocenters. The van der Waals surface area contributed by atoms with Crippen molar-refractivity contribution in [2.75, 3.05) is 51.8 Å². The molecule has 3 heterocycles. The summed E-state index contributed by atoms with van der Waals surface area (Å²) in [5.74, 6) is 0.346. The van der Waals surface area contributed by atoms with E-state index in [1.807, 2.05) is 4.90 Å². The number of piperazine rings is 1. The Labute approximate surface area is 246 Å². The first kappa shape index (κ1) is 29.3. The van der Waals surface area contributed by atoms with Crippen molar-refractivity contribution in [1.29, 1.82) is 5.26 Å². The molecule has 2 saturated heterocycles. The Morgan fingerprint density at radius 3 is 2.79 bits per heavy atom. The number of aromatic nitrogens is 2. The number of amides is 1. The number of phenols is 1. The molecule has 0 saturated carbocycles. The van der Waals surface area contributed by atoms with Gasteiger partial charge < -0.3 is 29.3 Å². The molecule has 0 spiro atoms. The first-order chi connectivity index (χ1) is 20.3. The fourth-order valence-corrected chi connectivity index (χ4v) is 6.31.